The first-order chi connectivity index (χ1) is 5.66. The van der Waals surface area contributed by atoms with Gasteiger partial charge in [-0.1, -0.05) is 12.1 Å². The minimum absolute atomic E-state index is 0.175. The van der Waals surface area contributed by atoms with Crippen molar-refractivity contribution in [3.63, 3.8) is 0 Å². The maximum Gasteiger partial charge on any atom is 0.122 e. The van der Waals surface area contributed by atoms with Crippen LogP contribution in [0.15, 0.2) is 18.2 Å². The number of carbonyl (C=O) groups excluding carboxylic acids is 1. The highest BCUT2D eigenvalue weighted by Gasteiger charge is 2.03. The molecule has 0 heterocycles. The molecule has 0 saturated heterocycles. The number of carboxylic acid groups (broad SMARTS) is 1. The van der Waals surface area contributed by atoms with E-state index in [1.54, 1.807) is 19.1 Å². The first kappa shape index (κ1) is 8.59. The highest BCUT2D eigenvalue weighted by molar-refractivity contribution is 5.88. The minimum atomic E-state index is -1.17. The van der Waals surface area contributed by atoms with E-state index in [0.29, 0.717) is 11.3 Å². The third-order valence-corrected chi connectivity index (χ3v) is 1.72. The van der Waals surface area contributed by atoms with Crippen LogP contribution >= 0.6 is 0 Å². The number of hydrogen-bond donors (Lipinski definition) is 0. The van der Waals surface area contributed by atoms with Crippen molar-refractivity contribution in [1.82, 2.24) is 0 Å². The van der Waals surface area contributed by atoms with Gasteiger partial charge in [-0.25, -0.2) is 0 Å². The third kappa shape index (κ3) is 1.39. The van der Waals surface area contributed by atoms with E-state index < -0.39 is 5.97 Å². The standard InChI is InChI=1S/C9H10O3/c1-6-7(9(10)11)4-3-5-8(6)12-2/h3-5H,1-2H3,(H,10,11)/p-1. The van der Waals surface area contributed by atoms with Crippen LogP contribution in [0.5, 0.6) is 5.75 Å². The molecule has 3 heteroatoms. The summed E-state index contributed by atoms with van der Waals surface area (Å²) in [5.41, 5.74) is 0.773. The highest BCUT2D eigenvalue weighted by atomic mass is 16.5. The lowest BCUT2D eigenvalue weighted by molar-refractivity contribution is -0.255. The molecule has 0 atom stereocenters. The van der Waals surface area contributed by atoms with Crippen LogP contribution < -0.4 is 9.84 Å². The molecule has 0 aliphatic rings. The Bertz CT molecular complexity index is 305. The molecular formula is C9H9O3-. The molecule has 0 N–H and O–H groups in total. The number of hydrogen-bond acceptors (Lipinski definition) is 3. The Hall–Kier alpha value is -1.51. The number of rotatable bonds is 2. The first-order valence-corrected chi connectivity index (χ1v) is 3.51. The Morgan fingerprint density at radius 1 is 1.50 bits per heavy atom. The maximum absolute atomic E-state index is 10.5. The van der Waals surface area contributed by atoms with Gasteiger partial charge in [0.15, 0.2) is 0 Å². The summed E-state index contributed by atoms with van der Waals surface area (Å²) in [5, 5.41) is 10.5. The van der Waals surface area contributed by atoms with Crippen molar-refractivity contribution < 1.29 is 14.6 Å². The van der Waals surface area contributed by atoms with Crippen molar-refractivity contribution in [2.45, 2.75) is 6.92 Å². The molecular weight excluding hydrogens is 156 g/mol. The minimum Gasteiger partial charge on any atom is -0.545 e. The van der Waals surface area contributed by atoms with Crippen LogP contribution in [0.2, 0.25) is 0 Å². The molecule has 0 saturated carbocycles. The maximum atomic E-state index is 10.5. The van der Waals surface area contributed by atoms with Crippen molar-refractivity contribution >= 4 is 5.97 Å². The molecule has 0 fully saturated rings. The summed E-state index contributed by atoms with van der Waals surface area (Å²) in [5.74, 6) is -0.608. The summed E-state index contributed by atoms with van der Waals surface area (Å²) in [7, 11) is 1.50. The molecule has 0 unspecified atom stereocenters. The smallest absolute Gasteiger partial charge is 0.122 e. The van der Waals surface area contributed by atoms with Crippen LogP contribution in [-0.4, -0.2) is 13.1 Å². The molecule has 12 heavy (non-hydrogen) atoms. The van der Waals surface area contributed by atoms with Gasteiger partial charge in [-0.3, -0.25) is 0 Å². The average molecular weight is 165 g/mol. The molecule has 1 aromatic carbocycles. The molecule has 0 amide bonds. The van der Waals surface area contributed by atoms with Gasteiger partial charge in [0, 0.05) is 11.1 Å². The van der Waals surface area contributed by atoms with E-state index in [1.165, 1.54) is 13.2 Å². The Kier molecular flexibility index (Phi) is 2.33. The molecule has 0 aliphatic heterocycles. The van der Waals surface area contributed by atoms with Gasteiger partial charge < -0.3 is 14.6 Å². The molecule has 0 spiro atoms. The van der Waals surface area contributed by atoms with Crippen molar-refractivity contribution in [1.29, 1.82) is 0 Å². The Labute approximate surface area is 70.6 Å². The Morgan fingerprint density at radius 3 is 2.67 bits per heavy atom. The van der Waals surface area contributed by atoms with Crippen LogP contribution in [-0.2, 0) is 0 Å². The second kappa shape index (κ2) is 3.26. The van der Waals surface area contributed by atoms with E-state index in [9.17, 15) is 9.90 Å². The van der Waals surface area contributed by atoms with Gasteiger partial charge in [-0.15, -0.1) is 0 Å². The highest BCUT2D eigenvalue weighted by Crippen LogP contribution is 2.19. The quantitative estimate of drug-likeness (QED) is 0.636. The van der Waals surface area contributed by atoms with Crippen molar-refractivity contribution in [2.75, 3.05) is 7.11 Å². The van der Waals surface area contributed by atoms with Gasteiger partial charge in [0.1, 0.15) is 5.75 Å². The van der Waals surface area contributed by atoms with Crippen molar-refractivity contribution in [3.8, 4) is 5.75 Å². The van der Waals surface area contributed by atoms with Gasteiger partial charge in [0.05, 0.1) is 13.1 Å². The monoisotopic (exact) mass is 165 g/mol. The largest absolute Gasteiger partial charge is 0.545 e. The predicted octanol–water partition coefficient (Wildman–Crippen LogP) is 0.367. The Balaban J connectivity index is 3.23. The summed E-state index contributed by atoms with van der Waals surface area (Å²) in [6.07, 6.45) is 0. The molecule has 1 rings (SSSR count). The van der Waals surface area contributed by atoms with Gasteiger partial charge in [0.2, 0.25) is 0 Å². The number of ether oxygens (including phenoxy) is 1. The zero-order valence-corrected chi connectivity index (χ0v) is 6.96. The first-order valence-electron chi connectivity index (χ1n) is 3.51. The van der Waals surface area contributed by atoms with E-state index in [4.69, 9.17) is 4.74 Å². The van der Waals surface area contributed by atoms with E-state index in [0.717, 1.165) is 0 Å². The Morgan fingerprint density at radius 2 is 2.17 bits per heavy atom. The fourth-order valence-electron chi connectivity index (χ4n) is 1.06. The summed E-state index contributed by atoms with van der Waals surface area (Å²) in [6, 6.07) is 4.83. The third-order valence-electron chi connectivity index (χ3n) is 1.72. The van der Waals surface area contributed by atoms with Crippen LogP contribution in [0.1, 0.15) is 15.9 Å². The van der Waals surface area contributed by atoms with Gasteiger partial charge in [0.25, 0.3) is 0 Å². The van der Waals surface area contributed by atoms with Crippen LogP contribution in [0, 0.1) is 6.92 Å². The molecule has 0 aliphatic carbocycles. The second-order valence-electron chi connectivity index (χ2n) is 2.42. The molecule has 0 bridgehead atoms. The van der Waals surface area contributed by atoms with E-state index in [2.05, 4.69) is 0 Å². The molecule has 1 aromatic rings. The number of benzene rings is 1. The van der Waals surface area contributed by atoms with Gasteiger partial charge >= 0.3 is 0 Å². The zero-order chi connectivity index (χ0) is 9.14. The van der Waals surface area contributed by atoms with Crippen LogP contribution in [0.3, 0.4) is 0 Å². The molecule has 3 nitrogen and oxygen atoms in total. The van der Waals surface area contributed by atoms with E-state index >= 15 is 0 Å². The summed E-state index contributed by atoms with van der Waals surface area (Å²) >= 11 is 0. The van der Waals surface area contributed by atoms with Gasteiger partial charge in [-0.2, -0.15) is 0 Å². The fourth-order valence-corrected chi connectivity index (χ4v) is 1.06. The number of aromatic carboxylic acids is 1. The van der Waals surface area contributed by atoms with Gasteiger partial charge in [-0.05, 0) is 13.0 Å². The number of methoxy groups -OCH3 is 1. The fraction of sp³-hybridized carbons (Fsp3) is 0.222. The topological polar surface area (TPSA) is 49.4 Å². The summed E-state index contributed by atoms with van der Waals surface area (Å²) < 4.78 is 4.94. The molecule has 64 valence electrons. The predicted molar refractivity (Wildman–Crippen MR) is 42.1 cm³/mol. The number of carboxylic acids is 1. The average Bonchev–Trinajstić information content (AvgIpc) is 2.04. The van der Waals surface area contributed by atoms with E-state index in [1.807, 2.05) is 0 Å². The SMILES string of the molecule is COc1cccc(C(=O)[O-])c1C. The molecule has 0 radical (unpaired) electrons. The van der Waals surface area contributed by atoms with E-state index in [-0.39, 0.29) is 5.56 Å². The lowest BCUT2D eigenvalue weighted by Gasteiger charge is -2.09. The lowest BCUT2D eigenvalue weighted by Crippen LogP contribution is -2.23. The van der Waals surface area contributed by atoms with Crippen molar-refractivity contribution in [3.05, 3.63) is 29.3 Å². The normalized spacial score (nSPS) is 9.50. The van der Waals surface area contributed by atoms with Crippen molar-refractivity contribution in [2.24, 2.45) is 0 Å². The second-order valence-corrected chi connectivity index (χ2v) is 2.42. The molecule has 0 aromatic heterocycles. The summed E-state index contributed by atoms with van der Waals surface area (Å²) in [4.78, 5) is 10.5. The lowest BCUT2D eigenvalue weighted by atomic mass is 10.1. The van der Waals surface area contributed by atoms with Crippen LogP contribution in [0.4, 0.5) is 0 Å². The van der Waals surface area contributed by atoms with Crippen LogP contribution in [0.25, 0.3) is 0 Å². The summed E-state index contributed by atoms with van der Waals surface area (Å²) in [6.45, 7) is 1.68. The number of carbonyl (C=O) groups is 1. The zero-order valence-electron chi connectivity index (χ0n) is 6.96.